The predicted octanol–water partition coefficient (Wildman–Crippen LogP) is 4.05. The van der Waals surface area contributed by atoms with E-state index in [1.807, 2.05) is 11.3 Å². The Morgan fingerprint density at radius 3 is 2.69 bits per heavy atom. The van der Waals surface area contributed by atoms with Crippen LogP contribution in [0.4, 0.5) is 0 Å². The molecular formula is C22H26N2OS. The van der Waals surface area contributed by atoms with Gasteiger partial charge in [-0.25, -0.2) is 0 Å². The molecule has 4 heteroatoms. The number of benzene rings is 1. The zero-order valence-electron chi connectivity index (χ0n) is 15.1. The number of carbonyl (C=O) groups is 1. The molecular weight excluding hydrogens is 340 g/mol. The van der Waals surface area contributed by atoms with E-state index in [1.165, 1.54) is 28.8 Å². The normalized spacial score (nSPS) is 24.5. The maximum Gasteiger partial charge on any atom is 0.227 e. The van der Waals surface area contributed by atoms with Crippen LogP contribution in [0.3, 0.4) is 0 Å². The van der Waals surface area contributed by atoms with E-state index in [4.69, 9.17) is 0 Å². The number of amides is 1. The van der Waals surface area contributed by atoms with Crippen molar-refractivity contribution in [2.24, 2.45) is 0 Å². The molecule has 1 amide bonds. The molecule has 1 N–H and O–H groups in total. The van der Waals surface area contributed by atoms with Crippen molar-refractivity contribution >= 4 is 17.2 Å². The molecule has 136 valence electrons. The van der Waals surface area contributed by atoms with Crippen LogP contribution in [0.25, 0.3) is 0 Å². The van der Waals surface area contributed by atoms with Crippen molar-refractivity contribution in [1.29, 1.82) is 0 Å². The first-order valence-corrected chi connectivity index (χ1v) is 10.8. The largest absolute Gasteiger partial charge is 0.353 e. The number of carbonyl (C=O) groups excluding carboxylic acids is 1. The van der Waals surface area contributed by atoms with Gasteiger partial charge in [-0.05, 0) is 73.2 Å². The Morgan fingerprint density at radius 1 is 1.15 bits per heavy atom. The minimum Gasteiger partial charge on any atom is -0.353 e. The van der Waals surface area contributed by atoms with Crippen molar-refractivity contribution in [3.05, 3.63) is 57.8 Å². The molecule has 0 bridgehead atoms. The number of thiophene rings is 1. The Morgan fingerprint density at radius 2 is 1.96 bits per heavy atom. The Labute approximate surface area is 159 Å². The average Bonchev–Trinajstić information content (AvgIpc) is 3.22. The van der Waals surface area contributed by atoms with E-state index in [-0.39, 0.29) is 17.2 Å². The maximum absolute atomic E-state index is 12.8. The fourth-order valence-electron chi connectivity index (χ4n) is 4.89. The van der Waals surface area contributed by atoms with Gasteiger partial charge in [0.05, 0.1) is 5.92 Å². The second kappa shape index (κ2) is 6.50. The zero-order valence-corrected chi connectivity index (χ0v) is 15.9. The van der Waals surface area contributed by atoms with E-state index in [2.05, 4.69) is 52.0 Å². The van der Waals surface area contributed by atoms with Gasteiger partial charge in [0.25, 0.3) is 0 Å². The molecule has 3 aliphatic rings. The van der Waals surface area contributed by atoms with Crippen LogP contribution in [0.1, 0.15) is 54.0 Å². The number of rotatable bonds is 4. The van der Waals surface area contributed by atoms with Gasteiger partial charge >= 0.3 is 0 Å². The number of fused-ring (bicyclic) bond motifs is 2. The molecule has 2 aromatic rings. The van der Waals surface area contributed by atoms with Gasteiger partial charge in [-0.2, -0.15) is 0 Å². The van der Waals surface area contributed by atoms with E-state index in [9.17, 15) is 4.79 Å². The van der Waals surface area contributed by atoms with E-state index >= 15 is 0 Å². The quantitative estimate of drug-likeness (QED) is 0.885. The van der Waals surface area contributed by atoms with Crippen LogP contribution in [0.15, 0.2) is 41.8 Å². The number of hydrogen-bond donors (Lipinski definition) is 1. The number of hydrogen-bond acceptors (Lipinski definition) is 3. The van der Waals surface area contributed by atoms with Crippen molar-refractivity contribution in [3.8, 4) is 0 Å². The molecule has 5 rings (SSSR count). The third-order valence-corrected chi connectivity index (χ3v) is 7.38. The summed E-state index contributed by atoms with van der Waals surface area (Å²) in [6.07, 6.45) is 5.65. The van der Waals surface area contributed by atoms with Gasteiger partial charge in [0.1, 0.15) is 0 Å². The smallest absolute Gasteiger partial charge is 0.227 e. The molecule has 2 aliphatic carbocycles. The van der Waals surface area contributed by atoms with Gasteiger partial charge in [-0.1, -0.05) is 30.3 Å². The maximum atomic E-state index is 12.8. The first-order chi connectivity index (χ1) is 12.7. The lowest BCUT2D eigenvalue weighted by Crippen LogP contribution is -2.41. The summed E-state index contributed by atoms with van der Waals surface area (Å²) in [5.74, 6) is 0.313. The molecule has 1 aliphatic heterocycles. The van der Waals surface area contributed by atoms with Gasteiger partial charge in [-0.15, -0.1) is 11.3 Å². The number of nitrogens with one attached hydrogen (secondary N) is 1. The van der Waals surface area contributed by atoms with Crippen molar-refractivity contribution in [1.82, 2.24) is 10.2 Å². The number of likely N-dealkylation sites (tertiary alicyclic amines) is 1. The molecule has 1 aromatic carbocycles. The highest BCUT2D eigenvalue weighted by molar-refractivity contribution is 7.09. The fourth-order valence-corrected chi connectivity index (χ4v) is 5.64. The molecule has 2 heterocycles. The fraction of sp³-hybridized carbons (Fsp3) is 0.500. The number of piperidine rings is 1. The highest BCUT2D eigenvalue weighted by Gasteiger charge is 2.47. The molecule has 1 saturated heterocycles. The first kappa shape index (κ1) is 16.5. The lowest BCUT2D eigenvalue weighted by molar-refractivity contribution is -0.123. The van der Waals surface area contributed by atoms with Crippen LogP contribution in [-0.2, 0) is 16.8 Å². The predicted molar refractivity (Wildman–Crippen MR) is 105 cm³/mol. The summed E-state index contributed by atoms with van der Waals surface area (Å²) in [7, 11) is 0. The Kier molecular flexibility index (Phi) is 4.13. The SMILES string of the molecule is O=C(NC1CC1)C1CC2(CCN(Cc3cccs3)CC2)c2ccccc21. The van der Waals surface area contributed by atoms with Crippen molar-refractivity contribution in [2.75, 3.05) is 13.1 Å². The van der Waals surface area contributed by atoms with E-state index in [0.717, 1.165) is 38.9 Å². The van der Waals surface area contributed by atoms with Crippen LogP contribution in [0.2, 0.25) is 0 Å². The van der Waals surface area contributed by atoms with E-state index in [1.54, 1.807) is 0 Å². The lowest BCUT2D eigenvalue weighted by Gasteiger charge is -2.40. The minimum atomic E-state index is 0.0515. The zero-order chi connectivity index (χ0) is 17.6. The second-order valence-electron chi connectivity index (χ2n) is 8.26. The van der Waals surface area contributed by atoms with Gasteiger partial charge in [0.2, 0.25) is 5.91 Å². The average molecular weight is 367 g/mol. The second-order valence-corrected chi connectivity index (χ2v) is 9.29. The van der Waals surface area contributed by atoms with Crippen LogP contribution in [-0.4, -0.2) is 29.9 Å². The van der Waals surface area contributed by atoms with Crippen LogP contribution in [0, 0.1) is 0 Å². The van der Waals surface area contributed by atoms with Gasteiger partial charge < -0.3 is 5.32 Å². The summed E-state index contributed by atoms with van der Waals surface area (Å²) >= 11 is 1.85. The summed E-state index contributed by atoms with van der Waals surface area (Å²) in [4.78, 5) is 16.9. The van der Waals surface area contributed by atoms with Crippen molar-refractivity contribution < 1.29 is 4.79 Å². The Balaban J connectivity index is 1.33. The highest BCUT2D eigenvalue weighted by atomic mass is 32.1. The van der Waals surface area contributed by atoms with Gasteiger partial charge in [0.15, 0.2) is 0 Å². The summed E-state index contributed by atoms with van der Waals surface area (Å²) in [5.41, 5.74) is 2.94. The van der Waals surface area contributed by atoms with Gasteiger partial charge in [-0.3, -0.25) is 9.69 Å². The Hall–Kier alpha value is -1.65. The Bertz CT molecular complexity index is 788. The topological polar surface area (TPSA) is 32.3 Å². The molecule has 0 radical (unpaired) electrons. The van der Waals surface area contributed by atoms with E-state index in [0.29, 0.717) is 6.04 Å². The molecule has 1 saturated carbocycles. The van der Waals surface area contributed by atoms with Crippen molar-refractivity contribution in [2.45, 2.75) is 56.0 Å². The van der Waals surface area contributed by atoms with Crippen LogP contribution < -0.4 is 5.32 Å². The first-order valence-electron chi connectivity index (χ1n) is 9.88. The third-order valence-electron chi connectivity index (χ3n) is 6.52. The summed E-state index contributed by atoms with van der Waals surface area (Å²) in [5, 5.41) is 5.41. The monoisotopic (exact) mass is 366 g/mol. The molecule has 1 unspecified atom stereocenters. The lowest BCUT2D eigenvalue weighted by atomic mass is 9.73. The third kappa shape index (κ3) is 2.99. The summed E-state index contributed by atoms with van der Waals surface area (Å²) < 4.78 is 0. The molecule has 2 fully saturated rings. The van der Waals surface area contributed by atoms with Crippen LogP contribution >= 0.6 is 11.3 Å². The van der Waals surface area contributed by atoms with E-state index < -0.39 is 0 Å². The van der Waals surface area contributed by atoms with Crippen LogP contribution in [0.5, 0.6) is 0 Å². The molecule has 1 atom stereocenters. The minimum absolute atomic E-state index is 0.0515. The standard InChI is InChI=1S/C22H26N2OS/c25-21(23-16-7-8-16)19-14-22(20-6-2-1-5-18(19)20)9-11-24(12-10-22)15-17-4-3-13-26-17/h1-6,13,16,19H,7-12,14-15H2,(H,23,25). The molecule has 3 nitrogen and oxygen atoms in total. The molecule has 1 spiro atoms. The summed E-state index contributed by atoms with van der Waals surface area (Å²) in [6.45, 7) is 3.33. The van der Waals surface area contributed by atoms with Gasteiger partial charge in [0, 0.05) is 17.5 Å². The molecule has 1 aromatic heterocycles. The molecule has 26 heavy (non-hydrogen) atoms. The highest BCUT2D eigenvalue weighted by Crippen LogP contribution is 2.52. The summed E-state index contributed by atoms with van der Waals surface area (Å²) in [6, 6.07) is 13.5. The number of nitrogens with zero attached hydrogens (tertiary/aromatic N) is 1. The van der Waals surface area contributed by atoms with Crippen molar-refractivity contribution in [3.63, 3.8) is 0 Å².